The summed E-state index contributed by atoms with van der Waals surface area (Å²) < 4.78 is 61.1. The number of nitrogens with one attached hydrogen (secondary N) is 1. The van der Waals surface area contributed by atoms with E-state index in [2.05, 4.69) is 0 Å². The highest BCUT2D eigenvalue weighted by atomic mass is 32.2. The van der Waals surface area contributed by atoms with Gasteiger partial charge in [0.25, 0.3) is 0 Å². The number of halogens is 3. The number of hydrogen-bond donors (Lipinski definition) is 2. The summed E-state index contributed by atoms with van der Waals surface area (Å²) in [5, 5.41) is 0. The zero-order valence-corrected chi connectivity index (χ0v) is 10.9. The maximum absolute atomic E-state index is 11.9. The van der Waals surface area contributed by atoms with Gasteiger partial charge in [0, 0.05) is 6.54 Å². The maximum atomic E-state index is 11.9. The highest BCUT2D eigenvalue weighted by Gasteiger charge is 2.27. The normalized spacial score (nSPS) is 12.6. The van der Waals surface area contributed by atoms with Crippen molar-refractivity contribution in [3.8, 4) is 0 Å². The highest BCUT2D eigenvalue weighted by molar-refractivity contribution is 7.89. The van der Waals surface area contributed by atoms with E-state index in [9.17, 15) is 21.6 Å². The van der Waals surface area contributed by atoms with E-state index in [0.29, 0.717) is 13.0 Å². The lowest BCUT2D eigenvalue weighted by Gasteiger charge is -2.09. The zero-order chi connectivity index (χ0) is 14.5. The summed E-state index contributed by atoms with van der Waals surface area (Å²) in [6.45, 7) is -0.230. The van der Waals surface area contributed by atoms with Crippen LogP contribution in [0.4, 0.5) is 13.2 Å². The first kappa shape index (κ1) is 15.9. The molecule has 0 saturated carbocycles. The SMILES string of the molecule is NCCc1ccc(S(=O)(=O)NCCC(F)(F)F)cc1. The van der Waals surface area contributed by atoms with E-state index in [1.807, 2.05) is 4.72 Å². The monoisotopic (exact) mass is 296 g/mol. The fourth-order valence-electron chi connectivity index (χ4n) is 1.41. The predicted molar refractivity (Wildman–Crippen MR) is 65.1 cm³/mol. The van der Waals surface area contributed by atoms with Gasteiger partial charge in [-0.15, -0.1) is 0 Å². The van der Waals surface area contributed by atoms with Gasteiger partial charge in [-0.25, -0.2) is 13.1 Å². The second-order valence-corrected chi connectivity index (χ2v) is 5.71. The molecule has 3 N–H and O–H groups in total. The summed E-state index contributed by atoms with van der Waals surface area (Å²) in [7, 11) is -3.90. The van der Waals surface area contributed by atoms with E-state index >= 15 is 0 Å². The van der Waals surface area contributed by atoms with Gasteiger partial charge in [-0.3, -0.25) is 0 Å². The van der Waals surface area contributed by atoms with Gasteiger partial charge in [0.05, 0.1) is 11.3 Å². The van der Waals surface area contributed by atoms with Crippen LogP contribution in [0.1, 0.15) is 12.0 Å². The number of alkyl halides is 3. The minimum Gasteiger partial charge on any atom is -0.330 e. The Labute approximate surface area is 109 Å². The first-order valence-corrected chi connectivity index (χ1v) is 7.08. The van der Waals surface area contributed by atoms with Crippen LogP contribution in [-0.4, -0.2) is 27.7 Å². The van der Waals surface area contributed by atoms with Gasteiger partial charge in [0.1, 0.15) is 0 Å². The zero-order valence-electron chi connectivity index (χ0n) is 10.1. The molecule has 0 atom stereocenters. The van der Waals surface area contributed by atoms with E-state index < -0.39 is 29.2 Å². The third-order valence-corrected chi connectivity index (χ3v) is 3.84. The van der Waals surface area contributed by atoms with E-state index in [4.69, 9.17) is 5.73 Å². The Bertz CT molecular complexity index is 498. The molecule has 0 saturated heterocycles. The fraction of sp³-hybridized carbons (Fsp3) is 0.455. The lowest BCUT2D eigenvalue weighted by Crippen LogP contribution is -2.28. The van der Waals surface area contributed by atoms with Crippen molar-refractivity contribution in [3.05, 3.63) is 29.8 Å². The second-order valence-electron chi connectivity index (χ2n) is 3.95. The van der Waals surface area contributed by atoms with Crippen molar-refractivity contribution in [1.29, 1.82) is 0 Å². The van der Waals surface area contributed by atoms with Crippen molar-refractivity contribution in [2.45, 2.75) is 23.9 Å². The molecule has 0 aliphatic rings. The van der Waals surface area contributed by atoms with Crippen molar-refractivity contribution in [3.63, 3.8) is 0 Å². The maximum Gasteiger partial charge on any atom is 0.390 e. The van der Waals surface area contributed by atoms with Crippen LogP contribution in [-0.2, 0) is 16.4 Å². The Morgan fingerprint density at radius 1 is 1.16 bits per heavy atom. The Kier molecular flexibility index (Phi) is 5.33. The van der Waals surface area contributed by atoms with Gasteiger partial charge in [-0.2, -0.15) is 13.2 Å². The standard InChI is InChI=1S/C11H15F3N2O2S/c12-11(13,14)6-8-16-19(17,18)10-3-1-9(2-4-10)5-7-15/h1-4,16H,5-8,15H2. The van der Waals surface area contributed by atoms with Gasteiger partial charge in [0.15, 0.2) is 0 Å². The number of rotatable bonds is 6. The number of benzene rings is 1. The molecule has 19 heavy (non-hydrogen) atoms. The van der Waals surface area contributed by atoms with Crippen molar-refractivity contribution in [2.24, 2.45) is 5.73 Å². The third-order valence-electron chi connectivity index (χ3n) is 2.37. The van der Waals surface area contributed by atoms with Crippen molar-refractivity contribution in [2.75, 3.05) is 13.1 Å². The highest BCUT2D eigenvalue weighted by Crippen LogP contribution is 2.19. The van der Waals surface area contributed by atoms with E-state index in [1.54, 1.807) is 12.1 Å². The summed E-state index contributed by atoms with van der Waals surface area (Å²) in [5.74, 6) is 0. The smallest absolute Gasteiger partial charge is 0.330 e. The number of sulfonamides is 1. The van der Waals surface area contributed by atoms with E-state index in [0.717, 1.165) is 5.56 Å². The Hall–Kier alpha value is -1.12. The molecule has 0 heterocycles. The first-order chi connectivity index (χ1) is 8.74. The van der Waals surface area contributed by atoms with Gasteiger partial charge in [-0.05, 0) is 30.7 Å². The lowest BCUT2D eigenvalue weighted by atomic mass is 10.2. The summed E-state index contributed by atoms with van der Waals surface area (Å²) in [5.41, 5.74) is 6.23. The lowest BCUT2D eigenvalue weighted by molar-refractivity contribution is -0.132. The molecule has 8 heteroatoms. The molecule has 0 aliphatic heterocycles. The molecule has 0 bridgehead atoms. The van der Waals surface area contributed by atoms with Crippen LogP contribution in [0.15, 0.2) is 29.2 Å². The molecular formula is C11H15F3N2O2S. The second kappa shape index (κ2) is 6.36. The quantitative estimate of drug-likeness (QED) is 0.834. The fourth-order valence-corrected chi connectivity index (χ4v) is 2.44. The molecule has 0 spiro atoms. The van der Waals surface area contributed by atoms with Crippen LogP contribution in [0.2, 0.25) is 0 Å². The molecule has 0 fully saturated rings. The molecule has 1 rings (SSSR count). The van der Waals surface area contributed by atoms with Gasteiger partial charge in [-0.1, -0.05) is 12.1 Å². The van der Waals surface area contributed by atoms with E-state index in [-0.39, 0.29) is 4.90 Å². The van der Waals surface area contributed by atoms with Crippen LogP contribution in [0.5, 0.6) is 0 Å². The van der Waals surface area contributed by atoms with Crippen molar-refractivity contribution >= 4 is 10.0 Å². The van der Waals surface area contributed by atoms with Crippen LogP contribution < -0.4 is 10.5 Å². The van der Waals surface area contributed by atoms with Gasteiger partial charge < -0.3 is 5.73 Å². The van der Waals surface area contributed by atoms with Crippen LogP contribution in [0, 0.1) is 0 Å². The van der Waals surface area contributed by atoms with Gasteiger partial charge in [0.2, 0.25) is 10.0 Å². The van der Waals surface area contributed by atoms with E-state index in [1.165, 1.54) is 12.1 Å². The minimum absolute atomic E-state index is 0.0598. The first-order valence-electron chi connectivity index (χ1n) is 5.60. The molecule has 0 aliphatic carbocycles. The molecule has 0 radical (unpaired) electrons. The molecule has 0 amide bonds. The van der Waals surface area contributed by atoms with Gasteiger partial charge >= 0.3 is 6.18 Å². The molecule has 1 aromatic carbocycles. The summed E-state index contributed by atoms with van der Waals surface area (Å²) in [6.07, 6.45) is -4.97. The average molecular weight is 296 g/mol. The van der Waals surface area contributed by atoms with Crippen LogP contribution in [0.3, 0.4) is 0 Å². The Balaban J connectivity index is 2.67. The Morgan fingerprint density at radius 2 is 1.74 bits per heavy atom. The number of hydrogen-bond acceptors (Lipinski definition) is 3. The minimum atomic E-state index is -4.38. The van der Waals surface area contributed by atoms with Crippen molar-refractivity contribution in [1.82, 2.24) is 4.72 Å². The summed E-state index contributed by atoms with van der Waals surface area (Å²) >= 11 is 0. The average Bonchev–Trinajstić information content (AvgIpc) is 2.28. The molecule has 0 unspecified atom stereocenters. The number of nitrogens with two attached hydrogens (primary N) is 1. The molecular weight excluding hydrogens is 281 g/mol. The summed E-state index contributed by atoms with van der Waals surface area (Å²) in [4.78, 5) is -0.0598. The molecule has 108 valence electrons. The topological polar surface area (TPSA) is 72.2 Å². The van der Waals surface area contributed by atoms with Crippen molar-refractivity contribution < 1.29 is 21.6 Å². The van der Waals surface area contributed by atoms with Crippen LogP contribution in [0.25, 0.3) is 0 Å². The largest absolute Gasteiger partial charge is 0.390 e. The summed E-state index contributed by atoms with van der Waals surface area (Å²) in [6, 6.07) is 5.87. The third kappa shape index (κ3) is 5.58. The predicted octanol–water partition coefficient (Wildman–Crippen LogP) is 1.42. The Morgan fingerprint density at radius 3 is 2.21 bits per heavy atom. The van der Waals surface area contributed by atoms with Crippen LogP contribution >= 0.6 is 0 Å². The molecule has 4 nitrogen and oxygen atoms in total. The molecule has 0 aromatic heterocycles. The molecule has 1 aromatic rings.